The molecule has 0 aliphatic carbocycles. The monoisotopic (exact) mass is 216 g/mol. The minimum atomic E-state index is -0.289. The number of ether oxygens (including phenoxy) is 1. The maximum absolute atomic E-state index is 11.3. The third kappa shape index (κ3) is 2.31. The maximum Gasteiger partial charge on any atom is 0.338 e. The molecule has 16 heavy (non-hydrogen) atoms. The first-order valence-electron chi connectivity index (χ1n) is 5.05. The van der Waals surface area contributed by atoms with Gasteiger partial charge in [-0.25, -0.2) is 4.79 Å². The maximum atomic E-state index is 11.3. The number of carbonyl (C=O) groups excluding carboxylic acids is 1. The van der Waals surface area contributed by atoms with Gasteiger partial charge in [0.2, 0.25) is 0 Å². The van der Waals surface area contributed by atoms with Crippen LogP contribution in [-0.2, 0) is 9.53 Å². The highest BCUT2D eigenvalue weighted by Crippen LogP contribution is 2.16. The Morgan fingerprint density at radius 1 is 1.25 bits per heavy atom. The van der Waals surface area contributed by atoms with Gasteiger partial charge in [0.05, 0.1) is 5.57 Å². The van der Waals surface area contributed by atoms with Crippen LogP contribution in [0.4, 0.5) is 0 Å². The number of aromatic hydroxyl groups is 1. The SMILES string of the molecule is CC1C=C(C=Cc2ccc(O)cc2)C(=O)O1. The number of esters is 1. The Kier molecular flexibility index (Phi) is 2.77. The summed E-state index contributed by atoms with van der Waals surface area (Å²) in [4.78, 5) is 11.3. The topological polar surface area (TPSA) is 46.5 Å². The van der Waals surface area contributed by atoms with Crippen molar-refractivity contribution in [2.24, 2.45) is 0 Å². The average Bonchev–Trinajstić information content (AvgIpc) is 2.57. The van der Waals surface area contributed by atoms with Gasteiger partial charge >= 0.3 is 5.97 Å². The molecule has 1 heterocycles. The molecule has 0 aromatic heterocycles. The zero-order valence-electron chi connectivity index (χ0n) is 8.88. The second-order valence-electron chi connectivity index (χ2n) is 3.66. The molecule has 0 saturated carbocycles. The van der Waals surface area contributed by atoms with E-state index in [1.54, 1.807) is 36.4 Å². The Hall–Kier alpha value is -2.03. The summed E-state index contributed by atoms with van der Waals surface area (Å²) in [5.74, 6) is -0.0622. The normalized spacial score (nSPS) is 19.9. The Bertz CT molecular complexity index is 455. The van der Waals surface area contributed by atoms with Gasteiger partial charge in [-0.2, -0.15) is 0 Å². The van der Waals surface area contributed by atoms with Crippen molar-refractivity contribution >= 4 is 12.0 Å². The molecule has 0 radical (unpaired) electrons. The first-order valence-corrected chi connectivity index (χ1v) is 5.05. The molecule has 2 rings (SSSR count). The molecule has 0 saturated heterocycles. The summed E-state index contributed by atoms with van der Waals surface area (Å²) in [7, 11) is 0. The van der Waals surface area contributed by atoms with E-state index in [1.807, 2.05) is 13.0 Å². The van der Waals surface area contributed by atoms with Crippen LogP contribution >= 0.6 is 0 Å². The molecule has 1 aliphatic rings. The van der Waals surface area contributed by atoms with Crippen LogP contribution in [0.15, 0.2) is 42.0 Å². The number of cyclic esters (lactones) is 1. The third-order valence-corrected chi connectivity index (χ3v) is 2.29. The molecule has 82 valence electrons. The van der Waals surface area contributed by atoms with E-state index in [9.17, 15) is 4.79 Å². The van der Waals surface area contributed by atoms with E-state index >= 15 is 0 Å². The molecule has 1 aliphatic heterocycles. The summed E-state index contributed by atoms with van der Waals surface area (Å²) in [6.07, 6.45) is 5.16. The van der Waals surface area contributed by atoms with Crippen molar-refractivity contribution in [3.8, 4) is 5.75 Å². The number of hydrogen-bond acceptors (Lipinski definition) is 3. The Labute approximate surface area is 93.7 Å². The zero-order valence-corrected chi connectivity index (χ0v) is 8.88. The summed E-state index contributed by atoms with van der Waals surface area (Å²) >= 11 is 0. The van der Waals surface area contributed by atoms with Crippen molar-refractivity contribution in [3.05, 3.63) is 47.6 Å². The number of carbonyl (C=O) groups is 1. The van der Waals surface area contributed by atoms with Gasteiger partial charge in [0.15, 0.2) is 0 Å². The summed E-state index contributed by atoms with van der Waals surface area (Å²) in [6, 6.07) is 6.75. The highest BCUT2D eigenvalue weighted by atomic mass is 16.5. The lowest BCUT2D eigenvalue weighted by molar-refractivity contribution is -0.138. The van der Waals surface area contributed by atoms with Crippen molar-refractivity contribution in [2.45, 2.75) is 13.0 Å². The van der Waals surface area contributed by atoms with E-state index in [0.29, 0.717) is 5.57 Å². The molecule has 1 atom stereocenters. The lowest BCUT2D eigenvalue weighted by Crippen LogP contribution is -2.02. The van der Waals surface area contributed by atoms with Gasteiger partial charge in [-0.05, 0) is 36.8 Å². The predicted molar refractivity (Wildman–Crippen MR) is 60.8 cm³/mol. The van der Waals surface area contributed by atoms with Crippen molar-refractivity contribution in [2.75, 3.05) is 0 Å². The van der Waals surface area contributed by atoms with Gasteiger partial charge in [0.1, 0.15) is 11.9 Å². The van der Waals surface area contributed by atoms with Crippen LogP contribution in [0, 0.1) is 0 Å². The van der Waals surface area contributed by atoms with Gasteiger partial charge in [-0.1, -0.05) is 18.2 Å². The Morgan fingerprint density at radius 3 is 2.50 bits per heavy atom. The van der Waals surface area contributed by atoms with Crippen LogP contribution in [0.3, 0.4) is 0 Å². The lowest BCUT2D eigenvalue weighted by Gasteiger charge is -1.96. The largest absolute Gasteiger partial charge is 0.508 e. The molecule has 0 fully saturated rings. The molecule has 0 spiro atoms. The highest BCUT2D eigenvalue weighted by molar-refractivity contribution is 5.95. The number of phenolic OH excluding ortho intramolecular Hbond substituents is 1. The van der Waals surface area contributed by atoms with Crippen LogP contribution < -0.4 is 0 Å². The fourth-order valence-electron chi connectivity index (χ4n) is 1.49. The molecule has 1 aromatic carbocycles. The van der Waals surface area contributed by atoms with Gasteiger partial charge in [0.25, 0.3) is 0 Å². The number of rotatable bonds is 2. The van der Waals surface area contributed by atoms with Crippen molar-refractivity contribution in [1.29, 1.82) is 0 Å². The molecular weight excluding hydrogens is 204 g/mol. The van der Waals surface area contributed by atoms with E-state index in [0.717, 1.165) is 5.56 Å². The molecule has 3 nitrogen and oxygen atoms in total. The minimum absolute atomic E-state index is 0.146. The fraction of sp³-hybridized carbons (Fsp3) is 0.154. The number of phenols is 1. The quantitative estimate of drug-likeness (QED) is 0.771. The molecule has 0 amide bonds. The molecule has 1 aromatic rings. The van der Waals surface area contributed by atoms with Crippen molar-refractivity contribution < 1.29 is 14.6 Å². The molecule has 1 unspecified atom stereocenters. The van der Waals surface area contributed by atoms with Gasteiger partial charge < -0.3 is 9.84 Å². The summed E-state index contributed by atoms with van der Waals surface area (Å²) in [6.45, 7) is 1.82. The first kappa shape index (κ1) is 10.5. The van der Waals surface area contributed by atoms with Crippen molar-refractivity contribution in [3.63, 3.8) is 0 Å². The standard InChI is InChI=1S/C13H12O3/c1-9-8-11(13(15)16-9)5-2-10-3-6-12(14)7-4-10/h2-9,14H,1H3. The molecule has 3 heteroatoms. The molecular formula is C13H12O3. The fourth-order valence-corrected chi connectivity index (χ4v) is 1.49. The Morgan fingerprint density at radius 2 is 1.94 bits per heavy atom. The van der Waals surface area contributed by atoms with Crippen LogP contribution in [0.2, 0.25) is 0 Å². The van der Waals surface area contributed by atoms with E-state index in [1.165, 1.54) is 0 Å². The zero-order chi connectivity index (χ0) is 11.5. The third-order valence-electron chi connectivity index (χ3n) is 2.29. The van der Waals surface area contributed by atoms with Crippen LogP contribution in [0.5, 0.6) is 5.75 Å². The second kappa shape index (κ2) is 4.23. The highest BCUT2D eigenvalue weighted by Gasteiger charge is 2.19. The van der Waals surface area contributed by atoms with Gasteiger partial charge in [0, 0.05) is 0 Å². The van der Waals surface area contributed by atoms with Gasteiger partial charge in [-0.15, -0.1) is 0 Å². The second-order valence-corrected chi connectivity index (χ2v) is 3.66. The summed E-state index contributed by atoms with van der Waals surface area (Å²) < 4.78 is 4.96. The summed E-state index contributed by atoms with van der Waals surface area (Å²) in [5.41, 5.74) is 1.49. The average molecular weight is 216 g/mol. The van der Waals surface area contributed by atoms with E-state index < -0.39 is 0 Å². The molecule has 0 bridgehead atoms. The smallest absolute Gasteiger partial charge is 0.338 e. The molecule has 1 N–H and O–H groups in total. The summed E-state index contributed by atoms with van der Waals surface area (Å²) in [5, 5.41) is 9.10. The van der Waals surface area contributed by atoms with E-state index in [-0.39, 0.29) is 17.8 Å². The number of hydrogen-bond donors (Lipinski definition) is 1. The minimum Gasteiger partial charge on any atom is -0.508 e. The van der Waals surface area contributed by atoms with Crippen LogP contribution in [0.1, 0.15) is 12.5 Å². The van der Waals surface area contributed by atoms with Crippen molar-refractivity contribution in [1.82, 2.24) is 0 Å². The van der Waals surface area contributed by atoms with E-state index in [4.69, 9.17) is 9.84 Å². The van der Waals surface area contributed by atoms with E-state index in [2.05, 4.69) is 0 Å². The Balaban J connectivity index is 2.13. The predicted octanol–water partition coefficient (Wildman–Crippen LogP) is 2.28. The van der Waals surface area contributed by atoms with Gasteiger partial charge in [-0.3, -0.25) is 0 Å². The lowest BCUT2D eigenvalue weighted by atomic mass is 10.1. The number of benzene rings is 1. The first-order chi connectivity index (χ1) is 7.65. The van der Waals surface area contributed by atoms with Crippen LogP contribution in [-0.4, -0.2) is 17.2 Å². The van der Waals surface area contributed by atoms with Crippen LogP contribution in [0.25, 0.3) is 6.08 Å².